The molecule has 0 radical (unpaired) electrons. The van der Waals surface area contributed by atoms with Gasteiger partial charge in [0.2, 0.25) is 0 Å². The van der Waals surface area contributed by atoms with E-state index >= 15 is 0 Å². The molecule has 0 fully saturated rings. The fraction of sp³-hybridized carbons (Fsp3) is 0.333. The molecule has 19 heavy (non-hydrogen) atoms. The summed E-state index contributed by atoms with van der Waals surface area (Å²) in [5, 5.41) is 2.78. The quantitative estimate of drug-likeness (QED) is 0.280. The first kappa shape index (κ1) is 15.0. The highest BCUT2D eigenvalue weighted by Crippen LogP contribution is 2.07. The van der Waals surface area contributed by atoms with Crippen molar-refractivity contribution in [2.45, 2.75) is 26.7 Å². The summed E-state index contributed by atoms with van der Waals surface area (Å²) < 4.78 is 0. The van der Waals surface area contributed by atoms with Crippen LogP contribution < -0.4 is 11.1 Å². The number of nitrogens with one attached hydrogen (secondary N) is 1. The van der Waals surface area contributed by atoms with Crippen LogP contribution in [0.5, 0.6) is 0 Å². The summed E-state index contributed by atoms with van der Waals surface area (Å²) in [6.07, 6.45) is 2.05. The number of nitrogen functional groups attached to an aromatic ring is 1. The van der Waals surface area contributed by atoms with Crippen molar-refractivity contribution in [1.82, 2.24) is 5.32 Å². The largest absolute Gasteiger partial charge is 0.399 e. The van der Waals surface area contributed by atoms with Crippen molar-refractivity contribution in [3.63, 3.8) is 0 Å². The van der Waals surface area contributed by atoms with E-state index in [1.807, 2.05) is 12.1 Å². The number of unbranched alkanes of at least 4 members (excludes halogenated alkanes) is 1. The molecule has 0 atom stereocenters. The van der Waals surface area contributed by atoms with Crippen molar-refractivity contribution in [1.29, 1.82) is 0 Å². The van der Waals surface area contributed by atoms with Crippen LogP contribution in [0, 0.1) is 0 Å². The van der Waals surface area contributed by atoms with Crippen LogP contribution in [0.4, 0.5) is 5.69 Å². The van der Waals surface area contributed by atoms with Crippen LogP contribution >= 0.6 is 0 Å². The Morgan fingerprint density at radius 1 is 1.37 bits per heavy atom. The Kier molecular flexibility index (Phi) is 5.79. The number of aliphatic imine (C=N–C) groups is 1. The molecule has 3 N–H and O–H groups in total. The average molecular weight is 259 g/mol. The van der Waals surface area contributed by atoms with E-state index in [0.29, 0.717) is 23.6 Å². The normalized spacial score (nSPS) is 11.2. The van der Waals surface area contributed by atoms with Crippen LogP contribution in [-0.2, 0) is 4.79 Å². The van der Waals surface area contributed by atoms with Gasteiger partial charge >= 0.3 is 0 Å². The molecule has 0 aromatic heterocycles. The molecule has 0 spiro atoms. The molecule has 0 saturated heterocycles. The molecule has 0 heterocycles. The molecule has 4 nitrogen and oxygen atoms in total. The first-order valence-corrected chi connectivity index (χ1v) is 6.41. The zero-order chi connectivity index (χ0) is 14.3. The molecule has 0 saturated carbocycles. The van der Waals surface area contributed by atoms with E-state index in [2.05, 4.69) is 23.8 Å². The SMILES string of the molecule is C=C(C)C(=O)NC(=NCCCC)c1ccc(N)cc1. The van der Waals surface area contributed by atoms with Crippen molar-refractivity contribution in [3.8, 4) is 0 Å². The number of anilines is 1. The Morgan fingerprint density at radius 3 is 2.53 bits per heavy atom. The van der Waals surface area contributed by atoms with Crippen molar-refractivity contribution < 1.29 is 4.79 Å². The van der Waals surface area contributed by atoms with Gasteiger partial charge in [0.05, 0.1) is 0 Å². The minimum Gasteiger partial charge on any atom is -0.399 e. The number of carbonyl (C=O) groups excluding carboxylic acids is 1. The van der Waals surface area contributed by atoms with Gasteiger partial charge in [0.15, 0.2) is 0 Å². The van der Waals surface area contributed by atoms with Gasteiger partial charge in [-0.15, -0.1) is 0 Å². The maximum atomic E-state index is 11.7. The minimum atomic E-state index is -0.216. The lowest BCUT2D eigenvalue weighted by molar-refractivity contribution is -0.116. The Morgan fingerprint density at radius 2 is 2.00 bits per heavy atom. The third kappa shape index (κ3) is 4.95. The van der Waals surface area contributed by atoms with Gasteiger partial charge in [-0.05, 0) is 37.6 Å². The summed E-state index contributed by atoms with van der Waals surface area (Å²) in [7, 11) is 0. The van der Waals surface area contributed by atoms with Gasteiger partial charge in [0.1, 0.15) is 5.84 Å². The average Bonchev–Trinajstić information content (AvgIpc) is 2.38. The summed E-state index contributed by atoms with van der Waals surface area (Å²) in [6, 6.07) is 7.27. The Labute approximate surface area is 114 Å². The van der Waals surface area contributed by atoms with Crippen LogP contribution in [0.2, 0.25) is 0 Å². The first-order chi connectivity index (χ1) is 9.04. The number of nitrogens with two attached hydrogens (primary N) is 1. The van der Waals surface area contributed by atoms with Gasteiger partial charge < -0.3 is 11.1 Å². The fourth-order valence-electron chi connectivity index (χ4n) is 1.41. The number of hydrogen-bond donors (Lipinski definition) is 2. The fourth-order valence-corrected chi connectivity index (χ4v) is 1.41. The van der Waals surface area contributed by atoms with Gasteiger partial charge in [-0.25, -0.2) is 0 Å². The number of benzene rings is 1. The minimum absolute atomic E-state index is 0.216. The van der Waals surface area contributed by atoms with Crippen LogP contribution in [0.1, 0.15) is 32.3 Å². The van der Waals surface area contributed by atoms with Gasteiger partial charge in [0, 0.05) is 23.4 Å². The van der Waals surface area contributed by atoms with Crippen molar-refractivity contribution in [3.05, 3.63) is 42.0 Å². The van der Waals surface area contributed by atoms with E-state index in [4.69, 9.17) is 5.73 Å². The third-order valence-corrected chi connectivity index (χ3v) is 2.59. The lowest BCUT2D eigenvalue weighted by atomic mass is 10.2. The van der Waals surface area contributed by atoms with Gasteiger partial charge in [-0.3, -0.25) is 9.79 Å². The van der Waals surface area contributed by atoms with E-state index in [-0.39, 0.29) is 5.91 Å². The monoisotopic (exact) mass is 259 g/mol. The molecule has 1 aromatic rings. The number of amides is 1. The molecule has 1 rings (SSSR count). The predicted octanol–water partition coefficient (Wildman–Crippen LogP) is 2.51. The molecular formula is C15H21N3O. The highest BCUT2D eigenvalue weighted by atomic mass is 16.1. The van der Waals surface area contributed by atoms with E-state index in [0.717, 1.165) is 18.4 Å². The number of amidine groups is 1. The molecule has 0 unspecified atom stereocenters. The van der Waals surface area contributed by atoms with Crippen LogP contribution in [-0.4, -0.2) is 18.3 Å². The molecule has 1 aromatic carbocycles. The van der Waals surface area contributed by atoms with Gasteiger partial charge in [0.25, 0.3) is 5.91 Å². The molecular weight excluding hydrogens is 238 g/mol. The van der Waals surface area contributed by atoms with Gasteiger partial charge in [-0.1, -0.05) is 19.9 Å². The summed E-state index contributed by atoms with van der Waals surface area (Å²) in [4.78, 5) is 16.1. The first-order valence-electron chi connectivity index (χ1n) is 6.41. The second-order valence-corrected chi connectivity index (χ2v) is 4.44. The third-order valence-electron chi connectivity index (χ3n) is 2.59. The van der Waals surface area contributed by atoms with Crippen LogP contribution in [0.25, 0.3) is 0 Å². The number of carbonyl (C=O) groups is 1. The maximum absolute atomic E-state index is 11.7. The lowest BCUT2D eigenvalue weighted by Gasteiger charge is -2.09. The van der Waals surface area contributed by atoms with E-state index in [1.54, 1.807) is 19.1 Å². The van der Waals surface area contributed by atoms with Crippen molar-refractivity contribution >= 4 is 17.4 Å². The molecule has 1 amide bonds. The second kappa shape index (κ2) is 7.36. The summed E-state index contributed by atoms with van der Waals surface area (Å²) in [5.41, 5.74) is 7.64. The summed E-state index contributed by atoms with van der Waals surface area (Å²) in [5.74, 6) is 0.355. The topological polar surface area (TPSA) is 67.5 Å². The Hall–Kier alpha value is -2.10. The van der Waals surface area contributed by atoms with Crippen LogP contribution in [0.15, 0.2) is 41.4 Å². The second-order valence-electron chi connectivity index (χ2n) is 4.44. The predicted molar refractivity (Wildman–Crippen MR) is 80.1 cm³/mol. The number of nitrogens with zero attached hydrogens (tertiary/aromatic N) is 1. The zero-order valence-electron chi connectivity index (χ0n) is 11.6. The van der Waals surface area contributed by atoms with Gasteiger partial charge in [-0.2, -0.15) is 0 Å². The highest BCUT2D eigenvalue weighted by Gasteiger charge is 2.08. The van der Waals surface area contributed by atoms with Crippen molar-refractivity contribution in [2.24, 2.45) is 4.99 Å². The number of rotatable bonds is 5. The molecule has 0 bridgehead atoms. The summed E-state index contributed by atoms with van der Waals surface area (Å²) >= 11 is 0. The molecule has 0 aliphatic heterocycles. The standard InChI is InChI=1S/C15H21N3O/c1-4-5-10-17-14(18-15(19)11(2)3)12-6-8-13(16)9-7-12/h6-9H,2,4-5,10,16H2,1,3H3,(H,17,18,19). The number of hydrogen-bond acceptors (Lipinski definition) is 3. The smallest absolute Gasteiger partial charge is 0.251 e. The van der Waals surface area contributed by atoms with E-state index in [1.165, 1.54) is 0 Å². The summed E-state index contributed by atoms with van der Waals surface area (Å²) in [6.45, 7) is 8.08. The molecule has 4 heteroatoms. The molecule has 0 aliphatic carbocycles. The van der Waals surface area contributed by atoms with E-state index < -0.39 is 0 Å². The highest BCUT2D eigenvalue weighted by molar-refractivity contribution is 6.12. The van der Waals surface area contributed by atoms with Crippen molar-refractivity contribution in [2.75, 3.05) is 12.3 Å². The molecule has 102 valence electrons. The Bertz CT molecular complexity index is 475. The Balaban J connectivity index is 2.91. The maximum Gasteiger partial charge on any atom is 0.251 e. The lowest BCUT2D eigenvalue weighted by Crippen LogP contribution is -2.31. The van der Waals surface area contributed by atoms with E-state index in [9.17, 15) is 4.79 Å². The zero-order valence-corrected chi connectivity index (χ0v) is 11.6. The van der Waals surface area contributed by atoms with Crippen LogP contribution in [0.3, 0.4) is 0 Å². The molecule has 0 aliphatic rings.